The van der Waals surface area contributed by atoms with E-state index in [2.05, 4.69) is 23.8 Å². The third kappa shape index (κ3) is 10.4. The second-order valence-corrected chi connectivity index (χ2v) is 7.98. The van der Waals surface area contributed by atoms with E-state index in [0.29, 0.717) is 19.3 Å². The Morgan fingerprint density at radius 2 is 1.69 bits per heavy atom. The number of hydrogen-bond donors (Lipinski definition) is 3. The molecule has 0 fully saturated rings. The minimum Gasteiger partial charge on any atom is -0.461 e. The molecule has 0 aromatic heterocycles. The van der Waals surface area contributed by atoms with Crippen molar-refractivity contribution in [3.8, 4) is 0 Å². The predicted octanol–water partition coefficient (Wildman–Crippen LogP) is 2.55. The van der Waals surface area contributed by atoms with Crippen molar-refractivity contribution in [2.24, 2.45) is 11.8 Å². The van der Waals surface area contributed by atoms with E-state index in [1.54, 1.807) is 26.0 Å². The molecule has 0 aliphatic carbocycles. The molecule has 7 nitrogen and oxygen atoms in total. The lowest BCUT2D eigenvalue weighted by molar-refractivity contribution is -0.153. The molecular formula is C25H36N2O5. The minimum absolute atomic E-state index is 0.0190. The Hall–Kier alpha value is -2.93. The maximum absolute atomic E-state index is 12.6. The number of benzene rings is 1. The Kier molecular flexibility index (Phi) is 12.7. The van der Waals surface area contributed by atoms with Crippen molar-refractivity contribution in [3.05, 3.63) is 61.2 Å². The number of esters is 1. The van der Waals surface area contributed by atoms with Gasteiger partial charge in [0.2, 0.25) is 11.8 Å². The molecule has 0 bridgehead atoms. The number of rotatable bonds is 15. The molecule has 0 saturated carbocycles. The normalized spacial score (nSPS) is 14.3. The van der Waals surface area contributed by atoms with E-state index in [1.807, 2.05) is 30.3 Å². The summed E-state index contributed by atoms with van der Waals surface area (Å²) < 4.78 is 5.55. The van der Waals surface area contributed by atoms with Gasteiger partial charge in [-0.25, -0.2) is 0 Å². The van der Waals surface area contributed by atoms with Crippen molar-refractivity contribution in [2.75, 3.05) is 13.2 Å². The van der Waals surface area contributed by atoms with Crippen molar-refractivity contribution < 1.29 is 24.2 Å². The average Bonchev–Trinajstić information content (AvgIpc) is 2.77. The van der Waals surface area contributed by atoms with Crippen molar-refractivity contribution in [3.63, 3.8) is 0 Å². The quantitative estimate of drug-likeness (QED) is 0.285. The molecule has 1 rings (SSSR count). The number of carbonyl (C=O) groups is 3. The van der Waals surface area contributed by atoms with Gasteiger partial charge < -0.3 is 20.5 Å². The molecule has 0 heterocycles. The molecule has 0 aliphatic heterocycles. The van der Waals surface area contributed by atoms with Crippen molar-refractivity contribution >= 4 is 17.8 Å². The van der Waals surface area contributed by atoms with E-state index in [4.69, 9.17) is 9.84 Å². The molecule has 32 heavy (non-hydrogen) atoms. The highest BCUT2D eigenvalue weighted by molar-refractivity contribution is 5.86. The van der Waals surface area contributed by atoms with Gasteiger partial charge in [-0.05, 0) is 38.7 Å². The molecule has 0 radical (unpaired) electrons. The highest BCUT2D eigenvalue weighted by atomic mass is 16.5. The Morgan fingerprint density at radius 3 is 2.28 bits per heavy atom. The van der Waals surface area contributed by atoms with E-state index in [0.717, 1.165) is 5.56 Å². The third-order valence-electron chi connectivity index (χ3n) is 4.93. The highest BCUT2D eigenvalue weighted by Crippen LogP contribution is 2.16. The number of aliphatic hydroxyl groups excluding tert-OH is 1. The van der Waals surface area contributed by atoms with Crippen LogP contribution in [0.5, 0.6) is 0 Å². The summed E-state index contributed by atoms with van der Waals surface area (Å²) in [5, 5.41) is 14.4. The van der Waals surface area contributed by atoms with Gasteiger partial charge in [0.1, 0.15) is 6.10 Å². The number of aliphatic hydroxyl groups is 1. The minimum atomic E-state index is -0.590. The Bertz CT molecular complexity index is 750. The standard InChI is InChI=1S/C25H36N2O5/c1-5-10-21(15-23(29)27-18(3)17-28)24(30)26-16-19(4)32-25(31)22(11-6-2)14-20-12-8-7-9-13-20/h5-9,12-13,18-19,21-22,28H,1-2,10-11,14-17H2,3-4H3,(H,26,30)(H,27,29)/t18-,19-,21-,22+/m0/s1. The number of hydrogen-bond acceptors (Lipinski definition) is 5. The summed E-state index contributed by atoms with van der Waals surface area (Å²) in [4.78, 5) is 37.2. The van der Waals surface area contributed by atoms with Crippen molar-refractivity contribution in [1.29, 1.82) is 0 Å². The first kappa shape index (κ1) is 27.1. The molecule has 0 spiro atoms. The molecule has 0 aliphatic rings. The van der Waals surface area contributed by atoms with Gasteiger partial charge in [-0.15, -0.1) is 13.2 Å². The molecule has 1 aromatic rings. The lowest BCUT2D eigenvalue weighted by Gasteiger charge is -2.21. The molecule has 1 aromatic carbocycles. The maximum Gasteiger partial charge on any atom is 0.309 e. The van der Waals surface area contributed by atoms with Gasteiger partial charge in [-0.3, -0.25) is 14.4 Å². The lowest BCUT2D eigenvalue weighted by Crippen LogP contribution is -2.41. The van der Waals surface area contributed by atoms with Crippen LogP contribution in [0.3, 0.4) is 0 Å². The average molecular weight is 445 g/mol. The molecule has 3 N–H and O–H groups in total. The van der Waals surface area contributed by atoms with Crippen LogP contribution in [-0.2, 0) is 25.5 Å². The van der Waals surface area contributed by atoms with Crippen LogP contribution in [0.25, 0.3) is 0 Å². The summed E-state index contributed by atoms with van der Waals surface area (Å²) in [6.45, 7) is 10.7. The van der Waals surface area contributed by atoms with Gasteiger partial charge in [0, 0.05) is 12.5 Å². The smallest absolute Gasteiger partial charge is 0.309 e. The van der Waals surface area contributed by atoms with E-state index in [-0.39, 0.29) is 49.3 Å². The summed E-state index contributed by atoms with van der Waals surface area (Å²) in [6.07, 6.45) is 4.11. The van der Waals surface area contributed by atoms with Crippen LogP contribution in [0.4, 0.5) is 0 Å². The number of allylic oxidation sites excluding steroid dienone is 2. The van der Waals surface area contributed by atoms with Crippen molar-refractivity contribution in [1.82, 2.24) is 10.6 Å². The SMILES string of the molecule is C=CC[C@@H](CC(=O)N[C@@H](C)CO)C(=O)NC[C@H](C)OC(=O)[C@H](CC=C)Cc1ccccc1. The molecular weight excluding hydrogens is 408 g/mol. The summed E-state index contributed by atoms with van der Waals surface area (Å²) in [6, 6.07) is 9.32. The lowest BCUT2D eigenvalue weighted by atomic mass is 9.96. The molecule has 4 atom stereocenters. The van der Waals surface area contributed by atoms with Gasteiger partial charge in [0.05, 0.1) is 25.0 Å². The zero-order valence-corrected chi connectivity index (χ0v) is 19.1. The molecule has 0 unspecified atom stereocenters. The molecule has 176 valence electrons. The second-order valence-electron chi connectivity index (χ2n) is 7.98. The molecule has 2 amide bonds. The number of nitrogens with one attached hydrogen (secondary N) is 2. The first-order chi connectivity index (χ1) is 15.3. The Balaban J connectivity index is 2.57. The zero-order valence-electron chi connectivity index (χ0n) is 19.1. The van der Waals surface area contributed by atoms with Gasteiger partial charge in [-0.1, -0.05) is 42.5 Å². The van der Waals surface area contributed by atoms with Crippen LogP contribution in [0, 0.1) is 11.8 Å². The fourth-order valence-electron chi connectivity index (χ4n) is 3.17. The van der Waals surface area contributed by atoms with Crippen LogP contribution in [0.1, 0.15) is 38.7 Å². The fraction of sp³-hybridized carbons (Fsp3) is 0.480. The van der Waals surface area contributed by atoms with Gasteiger partial charge in [0.25, 0.3) is 0 Å². The van der Waals surface area contributed by atoms with Crippen LogP contribution in [0.15, 0.2) is 55.6 Å². The van der Waals surface area contributed by atoms with Crippen LogP contribution in [-0.4, -0.2) is 48.2 Å². The fourth-order valence-corrected chi connectivity index (χ4v) is 3.17. The highest BCUT2D eigenvalue weighted by Gasteiger charge is 2.24. The predicted molar refractivity (Wildman–Crippen MR) is 125 cm³/mol. The summed E-state index contributed by atoms with van der Waals surface area (Å²) >= 11 is 0. The van der Waals surface area contributed by atoms with Crippen LogP contribution >= 0.6 is 0 Å². The topological polar surface area (TPSA) is 105 Å². The van der Waals surface area contributed by atoms with Gasteiger partial charge >= 0.3 is 5.97 Å². The number of carbonyl (C=O) groups excluding carboxylic acids is 3. The summed E-state index contributed by atoms with van der Waals surface area (Å²) in [5.74, 6) is -1.91. The third-order valence-corrected chi connectivity index (χ3v) is 4.93. The van der Waals surface area contributed by atoms with Gasteiger partial charge in [0.15, 0.2) is 0 Å². The Labute approximate surface area is 190 Å². The van der Waals surface area contributed by atoms with E-state index in [9.17, 15) is 14.4 Å². The molecule has 0 saturated heterocycles. The summed E-state index contributed by atoms with van der Waals surface area (Å²) in [5.41, 5.74) is 1.04. The van der Waals surface area contributed by atoms with Crippen LogP contribution < -0.4 is 10.6 Å². The van der Waals surface area contributed by atoms with Crippen LogP contribution in [0.2, 0.25) is 0 Å². The van der Waals surface area contributed by atoms with E-state index in [1.165, 1.54) is 0 Å². The van der Waals surface area contributed by atoms with E-state index >= 15 is 0 Å². The van der Waals surface area contributed by atoms with E-state index < -0.39 is 12.0 Å². The molecule has 7 heteroatoms. The monoisotopic (exact) mass is 444 g/mol. The summed E-state index contributed by atoms with van der Waals surface area (Å²) in [7, 11) is 0. The second kappa shape index (κ2) is 15.0. The van der Waals surface area contributed by atoms with Gasteiger partial charge in [-0.2, -0.15) is 0 Å². The number of ether oxygens (including phenoxy) is 1. The maximum atomic E-state index is 12.6. The zero-order chi connectivity index (χ0) is 23.9. The number of amides is 2. The van der Waals surface area contributed by atoms with Crippen molar-refractivity contribution in [2.45, 2.75) is 51.7 Å². The first-order valence-corrected chi connectivity index (χ1v) is 10.9. The largest absolute Gasteiger partial charge is 0.461 e. The first-order valence-electron chi connectivity index (χ1n) is 10.9. The Morgan fingerprint density at radius 1 is 1.06 bits per heavy atom.